The van der Waals surface area contributed by atoms with E-state index >= 15 is 0 Å². The molecule has 38 heavy (non-hydrogen) atoms. The number of nitrogens with zero attached hydrogens (tertiary/aromatic N) is 4. The van der Waals surface area contributed by atoms with Crippen molar-refractivity contribution in [3.8, 4) is 22.6 Å². The number of fused-ring (bicyclic) bond motifs is 1. The highest BCUT2D eigenvalue weighted by molar-refractivity contribution is 5.85. The molecule has 0 spiro atoms. The van der Waals surface area contributed by atoms with Gasteiger partial charge in [0, 0.05) is 30.9 Å². The predicted molar refractivity (Wildman–Crippen MR) is 150 cm³/mol. The summed E-state index contributed by atoms with van der Waals surface area (Å²) in [5, 5.41) is 7.29. The molecule has 3 heterocycles. The number of nitrogen functional groups attached to an aromatic ring is 1. The molecule has 10 heteroatoms. The maximum atomic E-state index is 12.8. The van der Waals surface area contributed by atoms with Crippen LogP contribution >= 0.6 is 0 Å². The molecule has 0 aliphatic carbocycles. The summed E-state index contributed by atoms with van der Waals surface area (Å²) in [5.41, 5.74) is 10.5. The largest absolute Gasteiger partial charge is 0.383 e. The second-order valence-corrected chi connectivity index (χ2v) is 8.97. The van der Waals surface area contributed by atoms with Gasteiger partial charge in [0.2, 0.25) is 0 Å². The van der Waals surface area contributed by atoms with Crippen molar-refractivity contribution in [2.75, 3.05) is 18.8 Å². The number of benzene rings is 2. The zero-order chi connectivity index (χ0) is 26.6. The van der Waals surface area contributed by atoms with Gasteiger partial charge in [-0.05, 0) is 54.5 Å². The van der Waals surface area contributed by atoms with Crippen molar-refractivity contribution < 1.29 is 0 Å². The Morgan fingerprint density at radius 3 is 1.87 bits per heavy atom. The van der Waals surface area contributed by atoms with Crippen LogP contribution in [0.3, 0.4) is 0 Å². The molecule has 0 fully saturated rings. The van der Waals surface area contributed by atoms with E-state index in [1.807, 2.05) is 54.6 Å². The minimum absolute atomic E-state index is 0.0908. The Kier molecular flexibility index (Phi) is 7.16. The molecule has 2 aromatic carbocycles. The first kappa shape index (κ1) is 25.1. The lowest BCUT2D eigenvalue weighted by molar-refractivity contribution is 0.726. The van der Waals surface area contributed by atoms with E-state index in [0.29, 0.717) is 22.6 Å². The highest BCUT2D eigenvalue weighted by atomic mass is 16.1. The minimum atomic E-state index is -0.475. The molecule has 3 aromatic heterocycles. The van der Waals surface area contributed by atoms with Gasteiger partial charge in [-0.15, -0.1) is 0 Å². The Bertz CT molecular complexity index is 1680. The quantitative estimate of drug-likeness (QED) is 0.239. The van der Waals surface area contributed by atoms with Crippen LogP contribution in [0.15, 0.2) is 76.6 Å². The molecule has 5 N–H and O–H groups in total. The monoisotopic (exact) mass is 510 g/mol. The van der Waals surface area contributed by atoms with Gasteiger partial charge in [-0.25, -0.2) is 9.59 Å². The van der Waals surface area contributed by atoms with Crippen LogP contribution in [0, 0.1) is 0 Å². The smallest absolute Gasteiger partial charge is 0.354 e. The first-order chi connectivity index (χ1) is 18.5. The van der Waals surface area contributed by atoms with Crippen molar-refractivity contribution in [1.82, 2.24) is 34.7 Å². The summed E-state index contributed by atoms with van der Waals surface area (Å²) in [6, 6.07) is 17.3. The van der Waals surface area contributed by atoms with Crippen LogP contribution in [-0.2, 0) is 13.1 Å². The Labute approximate surface area is 219 Å². The summed E-state index contributed by atoms with van der Waals surface area (Å²) < 4.78 is 2.96. The Morgan fingerprint density at radius 2 is 1.32 bits per heavy atom. The molecular weight excluding hydrogens is 480 g/mol. The SMILES string of the molecule is CCNCc1ccc(-n2cc(-c3cc4cn(-c5ccc(CNCC)cc5)c(=O)nc4[nH]3)c(N)nc2=O)cc1. The van der Waals surface area contributed by atoms with E-state index in [0.717, 1.165) is 48.4 Å². The number of anilines is 1. The molecule has 0 saturated heterocycles. The van der Waals surface area contributed by atoms with E-state index in [1.165, 1.54) is 9.13 Å². The van der Waals surface area contributed by atoms with Gasteiger partial charge in [0.1, 0.15) is 11.5 Å². The number of hydrogen-bond acceptors (Lipinski definition) is 7. The fourth-order valence-electron chi connectivity index (χ4n) is 4.27. The molecule has 0 radical (unpaired) electrons. The van der Waals surface area contributed by atoms with E-state index in [2.05, 4.69) is 39.4 Å². The van der Waals surface area contributed by atoms with E-state index < -0.39 is 11.4 Å². The minimum Gasteiger partial charge on any atom is -0.383 e. The molecule has 194 valence electrons. The zero-order valence-corrected chi connectivity index (χ0v) is 21.4. The molecule has 0 amide bonds. The van der Waals surface area contributed by atoms with Crippen molar-refractivity contribution in [3.05, 3.63) is 99.1 Å². The van der Waals surface area contributed by atoms with Gasteiger partial charge in [-0.2, -0.15) is 9.97 Å². The molecule has 0 aliphatic rings. The fraction of sp³-hybridized carbons (Fsp3) is 0.214. The average molecular weight is 511 g/mol. The van der Waals surface area contributed by atoms with Crippen LogP contribution in [0.5, 0.6) is 0 Å². The summed E-state index contributed by atoms with van der Waals surface area (Å²) in [4.78, 5) is 36.9. The van der Waals surface area contributed by atoms with Gasteiger partial charge in [0.25, 0.3) is 0 Å². The topological polar surface area (TPSA) is 136 Å². The lowest BCUT2D eigenvalue weighted by atomic mass is 10.2. The van der Waals surface area contributed by atoms with Crippen LogP contribution < -0.4 is 27.7 Å². The van der Waals surface area contributed by atoms with Crippen LogP contribution in [0.1, 0.15) is 25.0 Å². The molecule has 0 saturated carbocycles. The molecule has 0 aliphatic heterocycles. The third-order valence-electron chi connectivity index (χ3n) is 6.34. The first-order valence-corrected chi connectivity index (χ1v) is 12.6. The van der Waals surface area contributed by atoms with Gasteiger partial charge in [-0.3, -0.25) is 9.13 Å². The number of H-pyrrole nitrogens is 1. The van der Waals surface area contributed by atoms with Crippen molar-refractivity contribution in [1.29, 1.82) is 0 Å². The van der Waals surface area contributed by atoms with Gasteiger partial charge >= 0.3 is 11.4 Å². The molecule has 0 unspecified atom stereocenters. The number of nitrogens with one attached hydrogen (secondary N) is 3. The van der Waals surface area contributed by atoms with Gasteiger partial charge < -0.3 is 21.4 Å². The molecule has 0 bridgehead atoms. The average Bonchev–Trinajstić information content (AvgIpc) is 3.33. The molecule has 5 aromatic rings. The third-order valence-corrected chi connectivity index (χ3v) is 6.34. The number of rotatable bonds is 9. The van der Waals surface area contributed by atoms with Crippen LogP contribution in [0.2, 0.25) is 0 Å². The summed E-state index contributed by atoms with van der Waals surface area (Å²) in [6.45, 7) is 7.39. The van der Waals surface area contributed by atoms with E-state index in [-0.39, 0.29) is 5.82 Å². The van der Waals surface area contributed by atoms with E-state index in [1.54, 1.807) is 12.4 Å². The second kappa shape index (κ2) is 10.8. The standard InChI is InChI=1S/C28H30N8O2/c1-3-30-14-18-5-9-21(10-6-18)35-16-20-13-24(32-26(20)34-28(35)38)23-17-36(27(37)33-25(23)29)22-11-7-19(8-12-22)15-31-4-2/h5-13,16-17,30-31H,3-4,14-15H2,1-2H3,(H2,29,33,37)(H,32,34,38). The first-order valence-electron chi connectivity index (χ1n) is 12.6. The van der Waals surface area contributed by atoms with Gasteiger partial charge in [-0.1, -0.05) is 38.1 Å². The van der Waals surface area contributed by atoms with E-state index in [4.69, 9.17) is 5.73 Å². The van der Waals surface area contributed by atoms with E-state index in [9.17, 15) is 9.59 Å². The molecule has 10 nitrogen and oxygen atoms in total. The Balaban J connectivity index is 1.50. The van der Waals surface area contributed by atoms with Crippen LogP contribution in [0.4, 0.5) is 5.82 Å². The number of nitrogens with two attached hydrogens (primary N) is 1. The normalized spacial score (nSPS) is 11.3. The summed E-state index contributed by atoms with van der Waals surface area (Å²) in [5.74, 6) is 0.0908. The highest BCUT2D eigenvalue weighted by Crippen LogP contribution is 2.26. The summed E-state index contributed by atoms with van der Waals surface area (Å²) in [6.07, 6.45) is 3.40. The lowest BCUT2D eigenvalue weighted by Gasteiger charge is -2.10. The Morgan fingerprint density at radius 1 is 0.789 bits per heavy atom. The predicted octanol–water partition coefficient (Wildman–Crippen LogP) is 2.73. The van der Waals surface area contributed by atoms with Crippen molar-refractivity contribution in [2.24, 2.45) is 0 Å². The van der Waals surface area contributed by atoms with Crippen molar-refractivity contribution in [3.63, 3.8) is 0 Å². The highest BCUT2D eigenvalue weighted by Gasteiger charge is 2.14. The maximum Gasteiger partial charge on any atom is 0.354 e. The van der Waals surface area contributed by atoms with Crippen LogP contribution in [-0.4, -0.2) is 37.2 Å². The fourth-order valence-corrected chi connectivity index (χ4v) is 4.27. The molecule has 0 atom stereocenters. The molecule has 5 rings (SSSR count). The summed E-state index contributed by atoms with van der Waals surface area (Å²) in [7, 11) is 0. The van der Waals surface area contributed by atoms with Crippen LogP contribution in [0.25, 0.3) is 33.7 Å². The van der Waals surface area contributed by atoms with Crippen molar-refractivity contribution >= 4 is 16.9 Å². The van der Waals surface area contributed by atoms with Gasteiger partial charge in [0.05, 0.1) is 22.6 Å². The maximum absolute atomic E-state index is 12.8. The van der Waals surface area contributed by atoms with Gasteiger partial charge in [0.15, 0.2) is 0 Å². The second-order valence-electron chi connectivity index (χ2n) is 8.97. The zero-order valence-electron chi connectivity index (χ0n) is 21.4. The third kappa shape index (κ3) is 5.13. The number of hydrogen-bond donors (Lipinski definition) is 4. The number of aromatic amines is 1. The Hall–Kier alpha value is -4.54. The van der Waals surface area contributed by atoms with Crippen molar-refractivity contribution in [2.45, 2.75) is 26.9 Å². The number of aromatic nitrogens is 5. The molecular formula is C28H30N8O2. The lowest BCUT2D eigenvalue weighted by Crippen LogP contribution is -2.22. The summed E-state index contributed by atoms with van der Waals surface area (Å²) >= 11 is 0.